The first-order valence-electron chi connectivity index (χ1n) is 8.62. The topological polar surface area (TPSA) is 49.2 Å². The Labute approximate surface area is 133 Å². The van der Waals surface area contributed by atoms with Gasteiger partial charge in [0.2, 0.25) is 0 Å². The number of aromatic nitrogens is 1. The normalized spacial score (nSPS) is 17.9. The molecule has 0 amide bonds. The van der Waals surface area contributed by atoms with Crippen LogP contribution in [0, 0.1) is 11.3 Å². The predicted octanol–water partition coefficient (Wildman–Crippen LogP) is 3.01. The molecule has 1 aliphatic heterocycles. The summed E-state index contributed by atoms with van der Waals surface area (Å²) < 4.78 is 5.45. The summed E-state index contributed by atoms with van der Waals surface area (Å²) in [6.07, 6.45) is 7.94. The summed E-state index contributed by atoms with van der Waals surface area (Å²) in [4.78, 5) is 7.17. The van der Waals surface area contributed by atoms with E-state index in [9.17, 15) is 5.26 Å². The Balaban J connectivity index is 2.06. The highest BCUT2D eigenvalue weighted by molar-refractivity contribution is 5.61. The average molecular weight is 299 g/mol. The van der Waals surface area contributed by atoms with Gasteiger partial charge in [-0.05, 0) is 49.7 Å². The highest BCUT2D eigenvalue weighted by atomic mass is 16.5. The lowest BCUT2D eigenvalue weighted by atomic mass is 9.87. The van der Waals surface area contributed by atoms with E-state index < -0.39 is 0 Å². The molecule has 0 bridgehead atoms. The number of aryl methyl sites for hydroxylation is 1. The number of rotatable bonds is 4. The van der Waals surface area contributed by atoms with Crippen molar-refractivity contribution >= 4 is 5.82 Å². The first kappa shape index (κ1) is 15.3. The smallest absolute Gasteiger partial charge is 0.147 e. The first-order valence-corrected chi connectivity index (χ1v) is 8.62. The van der Waals surface area contributed by atoms with Crippen LogP contribution in [0.25, 0.3) is 0 Å². The first-order chi connectivity index (χ1) is 10.8. The van der Waals surface area contributed by atoms with Gasteiger partial charge in [0, 0.05) is 18.8 Å². The maximum absolute atomic E-state index is 9.78. The Morgan fingerprint density at radius 3 is 2.73 bits per heavy atom. The van der Waals surface area contributed by atoms with Gasteiger partial charge in [-0.15, -0.1) is 0 Å². The van der Waals surface area contributed by atoms with E-state index in [1.807, 2.05) is 0 Å². The summed E-state index contributed by atoms with van der Waals surface area (Å²) in [7, 11) is 0. The summed E-state index contributed by atoms with van der Waals surface area (Å²) in [5.41, 5.74) is 4.75. The lowest BCUT2D eigenvalue weighted by molar-refractivity contribution is 0.122. The molecule has 0 N–H and O–H groups in total. The molecule has 118 valence electrons. The van der Waals surface area contributed by atoms with E-state index in [0.29, 0.717) is 0 Å². The van der Waals surface area contributed by atoms with Gasteiger partial charge >= 0.3 is 0 Å². The third kappa shape index (κ3) is 2.96. The molecule has 3 rings (SSSR count). The van der Waals surface area contributed by atoms with Gasteiger partial charge in [-0.25, -0.2) is 4.98 Å². The number of anilines is 1. The number of unbranched alkanes of at least 4 members (excludes halogenated alkanes) is 1. The van der Waals surface area contributed by atoms with Crippen molar-refractivity contribution in [1.29, 1.82) is 5.26 Å². The monoisotopic (exact) mass is 299 g/mol. The van der Waals surface area contributed by atoms with Crippen molar-refractivity contribution in [3.63, 3.8) is 0 Å². The van der Waals surface area contributed by atoms with Crippen LogP contribution < -0.4 is 4.90 Å². The van der Waals surface area contributed by atoms with Crippen molar-refractivity contribution in [2.45, 2.75) is 51.9 Å². The fraction of sp³-hybridized carbons (Fsp3) is 0.667. The zero-order chi connectivity index (χ0) is 15.4. The maximum Gasteiger partial charge on any atom is 0.147 e. The summed E-state index contributed by atoms with van der Waals surface area (Å²) >= 11 is 0. The molecule has 2 heterocycles. The van der Waals surface area contributed by atoms with Crippen molar-refractivity contribution in [2.75, 3.05) is 31.2 Å². The van der Waals surface area contributed by atoms with E-state index in [1.54, 1.807) is 0 Å². The Bertz CT molecular complexity index is 571. The van der Waals surface area contributed by atoms with Crippen LogP contribution in [0.15, 0.2) is 0 Å². The Morgan fingerprint density at radius 2 is 2.00 bits per heavy atom. The molecule has 4 nitrogen and oxygen atoms in total. The standard InChI is InChI=1S/C18H25N3O/c1-2-3-6-14-15-7-4-5-8-17(15)20-18(16(14)13-19)21-9-11-22-12-10-21/h2-12H2,1H3. The van der Waals surface area contributed by atoms with Crippen molar-refractivity contribution < 1.29 is 4.74 Å². The Kier molecular flexibility index (Phi) is 4.94. The van der Waals surface area contributed by atoms with Gasteiger partial charge in [0.15, 0.2) is 0 Å². The highest BCUT2D eigenvalue weighted by Crippen LogP contribution is 2.32. The minimum atomic E-state index is 0.730. The van der Waals surface area contributed by atoms with E-state index in [-0.39, 0.29) is 0 Å². The number of nitriles is 1. The van der Waals surface area contributed by atoms with E-state index in [4.69, 9.17) is 9.72 Å². The van der Waals surface area contributed by atoms with Gasteiger partial charge in [0.25, 0.3) is 0 Å². The second kappa shape index (κ2) is 7.11. The molecule has 1 aromatic heterocycles. The minimum absolute atomic E-state index is 0.730. The van der Waals surface area contributed by atoms with Crippen molar-refractivity contribution in [3.8, 4) is 6.07 Å². The van der Waals surface area contributed by atoms with Crippen molar-refractivity contribution in [1.82, 2.24) is 4.98 Å². The number of pyridine rings is 1. The number of hydrogen-bond acceptors (Lipinski definition) is 4. The number of nitrogens with zero attached hydrogens (tertiary/aromatic N) is 3. The second-order valence-electron chi connectivity index (χ2n) is 6.24. The zero-order valence-electron chi connectivity index (χ0n) is 13.5. The van der Waals surface area contributed by atoms with Gasteiger partial charge in [-0.2, -0.15) is 5.26 Å². The van der Waals surface area contributed by atoms with Gasteiger partial charge in [0.1, 0.15) is 11.9 Å². The van der Waals surface area contributed by atoms with Crippen LogP contribution in [0.4, 0.5) is 5.82 Å². The van der Waals surface area contributed by atoms with Crippen molar-refractivity contribution in [3.05, 3.63) is 22.4 Å². The third-order valence-electron chi connectivity index (χ3n) is 4.77. The van der Waals surface area contributed by atoms with Crippen LogP contribution in [0.5, 0.6) is 0 Å². The van der Waals surface area contributed by atoms with Crippen LogP contribution in [0.2, 0.25) is 0 Å². The second-order valence-corrected chi connectivity index (χ2v) is 6.24. The van der Waals surface area contributed by atoms with Crippen LogP contribution in [0.3, 0.4) is 0 Å². The van der Waals surface area contributed by atoms with Gasteiger partial charge in [0.05, 0.1) is 18.8 Å². The van der Waals surface area contributed by atoms with E-state index in [0.717, 1.165) is 69.8 Å². The zero-order valence-corrected chi connectivity index (χ0v) is 13.5. The Hall–Kier alpha value is -1.60. The number of hydrogen-bond donors (Lipinski definition) is 0. The van der Waals surface area contributed by atoms with Crippen LogP contribution in [-0.2, 0) is 24.0 Å². The molecular weight excluding hydrogens is 274 g/mol. The van der Waals surface area contributed by atoms with Gasteiger partial charge in [-0.1, -0.05) is 13.3 Å². The molecule has 0 unspecified atom stereocenters. The predicted molar refractivity (Wildman–Crippen MR) is 87.2 cm³/mol. The number of ether oxygens (including phenoxy) is 1. The van der Waals surface area contributed by atoms with Gasteiger partial charge in [-0.3, -0.25) is 0 Å². The molecule has 1 fully saturated rings. The molecule has 0 saturated carbocycles. The molecule has 0 radical (unpaired) electrons. The van der Waals surface area contributed by atoms with Crippen LogP contribution in [0.1, 0.15) is 55.0 Å². The molecule has 22 heavy (non-hydrogen) atoms. The van der Waals surface area contributed by atoms with Crippen LogP contribution in [-0.4, -0.2) is 31.3 Å². The van der Waals surface area contributed by atoms with E-state index >= 15 is 0 Å². The van der Waals surface area contributed by atoms with E-state index in [1.165, 1.54) is 29.7 Å². The average Bonchev–Trinajstić information content (AvgIpc) is 2.59. The molecule has 4 heteroatoms. The molecule has 0 aromatic carbocycles. The SMILES string of the molecule is CCCCc1c(C#N)c(N2CCOCC2)nc2c1CCCC2. The third-order valence-corrected chi connectivity index (χ3v) is 4.77. The minimum Gasteiger partial charge on any atom is -0.378 e. The molecule has 2 aliphatic rings. The molecule has 0 spiro atoms. The number of morpholine rings is 1. The quantitative estimate of drug-likeness (QED) is 0.857. The highest BCUT2D eigenvalue weighted by Gasteiger charge is 2.25. The summed E-state index contributed by atoms with van der Waals surface area (Å²) in [5.74, 6) is 0.914. The van der Waals surface area contributed by atoms with Crippen LogP contribution >= 0.6 is 0 Å². The molecule has 0 atom stereocenters. The summed E-state index contributed by atoms with van der Waals surface area (Å²) in [6.45, 7) is 5.35. The fourth-order valence-electron chi connectivity index (χ4n) is 3.56. The maximum atomic E-state index is 9.78. The lowest BCUT2D eigenvalue weighted by Crippen LogP contribution is -2.38. The summed E-state index contributed by atoms with van der Waals surface area (Å²) in [5, 5.41) is 9.78. The summed E-state index contributed by atoms with van der Waals surface area (Å²) in [6, 6.07) is 2.48. The molecule has 1 saturated heterocycles. The van der Waals surface area contributed by atoms with E-state index in [2.05, 4.69) is 17.9 Å². The fourth-order valence-corrected chi connectivity index (χ4v) is 3.56. The molecule has 1 aliphatic carbocycles. The van der Waals surface area contributed by atoms with Crippen molar-refractivity contribution in [2.24, 2.45) is 0 Å². The van der Waals surface area contributed by atoms with Gasteiger partial charge < -0.3 is 9.64 Å². The lowest BCUT2D eigenvalue weighted by Gasteiger charge is -2.31. The molecule has 1 aromatic rings. The largest absolute Gasteiger partial charge is 0.378 e. The Morgan fingerprint density at radius 1 is 1.23 bits per heavy atom. The number of fused-ring (bicyclic) bond motifs is 1. The molecular formula is C18H25N3O.